The third kappa shape index (κ3) is 1.81. The van der Waals surface area contributed by atoms with Crippen molar-refractivity contribution in [2.75, 3.05) is 6.54 Å². The molecule has 2 aliphatic rings. The van der Waals surface area contributed by atoms with Crippen molar-refractivity contribution in [3.63, 3.8) is 0 Å². The van der Waals surface area contributed by atoms with Gasteiger partial charge in [-0.2, -0.15) is 4.98 Å². The summed E-state index contributed by atoms with van der Waals surface area (Å²) in [5.74, 6) is 0.742. The van der Waals surface area contributed by atoms with Crippen molar-refractivity contribution in [1.29, 1.82) is 0 Å². The Hall–Kier alpha value is -2.21. The molecule has 1 amide bonds. The van der Waals surface area contributed by atoms with Crippen molar-refractivity contribution in [2.24, 2.45) is 11.1 Å². The first-order chi connectivity index (χ1) is 11.0. The molecule has 6 nitrogen and oxygen atoms in total. The fraction of sp³-hybridized carbons (Fsp3) is 0.471. The van der Waals surface area contributed by atoms with E-state index in [0.29, 0.717) is 18.1 Å². The summed E-state index contributed by atoms with van der Waals surface area (Å²) in [4.78, 5) is 16.6. The number of aromatic nitrogens is 2. The molecule has 6 heteroatoms. The van der Waals surface area contributed by atoms with Gasteiger partial charge in [0, 0.05) is 6.54 Å². The lowest BCUT2D eigenvalue weighted by atomic mass is 9.81. The maximum Gasteiger partial charge on any atom is 0.238 e. The first kappa shape index (κ1) is 14.4. The van der Waals surface area contributed by atoms with Crippen LogP contribution >= 0.6 is 0 Å². The highest BCUT2D eigenvalue weighted by molar-refractivity contribution is 5.88. The molecule has 0 radical (unpaired) electrons. The van der Waals surface area contributed by atoms with Gasteiger partial charge in [-0.1, -0.05) is 23.4 Å². The van der Waals surface area contributed by atoms with E-state index in [9.17, 15) is 4.79 Å². The number of hydrogen-bond acceptors (Lipinski definition) is 5. The zero-order valence-electron chi connectivity index (χ0n) is 13.3. The van der Waals surface area contributed by atoms with E-state index in [1.165, 1.54) is 11.1 Å². The molecule has 120 valence electrons. The van der Waals surface area contributed by atoms with Crippen LogP contribution in [0.25, 0.3) is 0 Å². The fourth-order valence-corrected chi connectivity index (χ4v) is 3.99. The van der Waals surface area contributed by atoms with Gasteiger partial charge in [0.05, 0.1) is 10.8 Å². The molecule has 2 unspecified atom stereocenters. The maximum absolute atomic E-state index is 12.1. The van der Waals surface area contributed by atoms with Gasteiger partial charge in [-0.3, -0.25) is 4.79 Å². The number of nitrogens with two attached hydrogens (primary N) is 1. The fourth-order valence-electron chi connectivity index (χ4n) is 3.99. The van der Waals surface area contributed by atoms with Crippen LogP contribution in [-0.4, -0.2) is 22.6 Å². The molecule has 2 heterocycles. The lowest BCUT2D eigenvalue weighted by molar-refractivity contribution is -0.123. The summed E-state index contributed by atoms with van der Waals surface area (Å²) in [7, 11) is 0. The van der Waals surface area contributed by atoms with E-state index in [1.54, 1.807) is 6.92 Å². The molecule has 0 saturated heterocycles. The number of nitrogens with one attached hydrogen (secondary N) is 1. The van der Waals surface area contributed by atoms with Gasteiger partial charge in [-0.05, 0) is 49.9 Å². The van der Waals surface area contributed by atoms with Gasteiger partial charge in [-0.25, -0.2) is 0 Å². The summed E-state index contributed by atoms with van der Waals surface area (Å²) in [6, 6.07) is 6.26. The number of rotatable bonds is 3. The van der Waals surface area contributed by atoms with E-state index in [1.807, 2.05) is 13.0 Å². The predicted octanol–water partition coefficient (Wildman–Crippen LogP) is 1.21. The second-order valence-electron chi connectivity index (χ2n) is 6.80. The number of nitrogens with zero attached hydrogens (tertiary/aromatic N) is 2. The van der Waals surface area contributed by atoms with Gasteiger partial charge in [0.1, 0.15) is 0 Å². The number of fused-ring (bicyclic) bond motifs is 1. The van der Waals surface area contributed by atoms with Crippen LogP contribution < -0.4 is 11.1 Å². The summed E-state index contributed by atoms with van der Waals surface area (Å²) in [5.41, 5.74) is 8.06. The second kappa shape index (κ2) is 4.64. The van der Waals surface area contributed by atoms with Crippen LogP contribution in [0.4, 0.5) is 0 Å². The normalized spacial score (nSPS) is 29.1. The minimum absolute atomic E-state index is 0.324. The molecule has 4 rings (SSSR count). The standard InChI is InChI=1S/C17H20N4O2/c1-10-20-15(23-21-10)17(9-16(17,2)14(18)22)13-5-3-4-11-6-7-19-8-12(11)13/h3-5,19H,6-9H2,1-2H3,(H2,18,22). The first-order valence-corrected chi connectivity index (χ1v) is 7.92. The highest BCUT2D eigenvalue weighted by atomic mass is 16.5. The van der Waals surface area contributed by atoms with E-state index in [-0.39, 0.29) is 5.91 Å². The minimum Gasteiger partial charge on any atom is -0.369 e. The molecular formula is C17H20N4O2. The molecule has 1 aromatic carbocycles. The number of aryl methyl sites for hydroxylation is 1. The zero-order valence-corrected chi connectivity index (χ0v) is 13.3. The molecule has 1 aromatic heterocycles. The van der Waals surface area contributed by atoms with E-state index in [0.717, 1.165) is 25.1 Å². The van der Waals surface area contributed by atoms with Gasteiger partial charge in [0.2, 0.25) is 11.8 Å². The summed E-state index contributed by atoms with van der Waals surface area (Å²) >= 11 is 0. The van der Waals surface area contributed by atoms with E-state index in [2.05, 4.69) is 27.6 Å². The van der Waals surface area contributed by atoms with Crippen molar-refractivity contribution in [3.8, 4) is 0 Å². The number of carbonyl (C=O) groups excluding carboxylic acids is 1. The largest absolute Gasteiger partial charge is 0.369 e. The number of hydrogen-bond donors (Lipinski definition) is 2. The van der Waals surface area contributed by atoms with Crippen LogP contribution in [0.1, 0.15) is 41.8 Å². The summed E-state index contributed by atoms with van der Waals surface area (Å²) < 4.78 is 5.49. The molecule has 1 fully saturated rings. The second-order valence-corrected chi connectivity index (χ2v) is 6.80. The molecule has 1 aliphatic carbocycles. The molecule has 0 bridgehead atoms. The third-order valence-electron chi connectivity index (χ3n) is 5.48. The van der Waals surface area contributed by atoms with Crippen LogP contribution in [-0.2, 0) is 23.2 Å². The highest BCUT2D eigenvalue weighted by Crippen LogP contribution is 2.68. The Morgan fingerprint density at radius 2 is 2.26 bits per heavy atom. The van der Waals surface area contributed by atoms with E-state index >= 15 is 0 Å². The van der Waals surface area contributed by atoms with E-state index < -0.39 is 10.8 Å². The smallest absolute Gasteiger partial charge is 0.238 e. The lowest BCUT2D eigenvalue weighted by Gasteiger charge is -2.26. The lowest BCUT2D eigenvalue weighted by Crippen LogP contribution is -2.33. The van der Waals surface area contributed by atoms with Crippen LogP contribution in [0, 0.1) is 12.3 Å². The Balaban J connectivity index is 1.94. The molecule has 3 N–H and O–H groups in total. The van der Waals surface area contributed by atoms with E-state index in [4.69, 9.17) is 10.3 Å². The zero-order chi connectivity index (χ0) is 16.2. The first-order valence-electron chi connectivity index (χ1n) is 7.92. The van der Waals surface area contributed by atoms with Crippen LogP contribution in [0.5, 0.6) is 0 Å². The topological polar surface area (TPSA) is 94.0 Å². The summed E-state index contributed by atoms with van der Waals surface area (Å²) in [5, 5.41) is 7.34. The Kier molecular flexibility index (Phi) is 2.90. The minimum atomic E-state index is -0.696. The molecule has 1 saturated carbocycles. The quantitative estimate of drug-likeness (QED) is 0.888. The van der Waals surface area contributed by atoms with Crippen molar-refractivity contribution >= 4 is 5.91 Å². The van der Waals surface area contributed by atoms with Gasteiger partial charge < -0.3 is 15.6 Å². The van der Waals surface area contributed by atoms with Gasteiger partial charge in [0.15, 0.2) is 5.82 Å². The van der Waals surface area contributed by atoms with Crippen LogP contribution in [0.15, 0.2) is 22.7 Å². The third-order valence-corrected chi connectivity index (χ3v) is 5.48. The Morgan fingerprint density at radius 3 is 2.91 bits per heavy atom. The highest BCUT2D eigenvalue weighted by Gasteiger charge is 2.73. The number of benzene rings is 1. The molecule has 2 aromatic rings. The van der Waals surface area contributed by atoms with Gasteiger partial charge in [0.25, 0.3) is 0 Å². The SMILES string of the molecule is Cc1noc(C2(c3cccc4c3CNCC4)CC2(C)C(N)=O)n1. The molecule has 2 atom stereocenters. The van der Waals surface area contributed by atoms with Crippen LogP contribution in [0.3, 0.4) is 0 Å². The Labute approximate surface area is 134 Å². The van der Waals surface area contributed by atoms with Crippen molar-refractivity contribution < 1.29 is 9.32 Å². The predicted molar refractivity (Wildman–Crippen MR) is 83.6 cm³/mol. The number of carbonyl (C=O) groups is 1. The van der Waals surface area contributed by atoms with Crippen LogP contribution in [0.2, 0.25) is 0 Å². The molecule has 23 heavy (non-hydrogen) atoms. The van der Waals surface area contributed by atoms with Crippen molar-refractivity contribution in [3.05, 3.63) is 46.6 Å². The maximum atomic E-state index is 12.1. The number of primary amides is 1. The monoisotopic (exact) mass is 312 g/mol. The Morgan fingerprint density at radius 1 is 1.43 bits per heavy atom. The Bertz CT molecular complexity index is 800. The summed E-state index contributed by atoms with van der Waals surface area (Å²) in [6.07, 6.45) is 1.59. The average Bonchev–Trinajstić information content (AvgIpc) is 2.97. The summed E-state index contributed by atoms with van der Waals surface area (Å²) in [6.45, 7) is 5.43. The molecular weight excluding hydrogens is 292 g/mol. The molecule has 1 aliphatic heterocycles. The van der Waals surface area contributed by atoms with Crippen molar-refractivity contribution in [2.45, 2.75) is 38.6 Å². The van der Waals surface area contributed by atoms with Gasteiger partial charge >= 0.3 is 0 Å². The van der Waals surface area contributed by atoms with Gasteiger partial charge in [-0.15, -0.1) is 0 Å². The van der Waals surface area contributed by atoms with Crippen molar-refractivity contribution in [1.82, 2.24) is 15.5 Å². The molecule has 0 spiro atoms. The number of amides is 1. The average molecular weight is 312 g/mol.